The second-order valence-corrected chi connectivity index (χ2v) is 5.38. The fraction of sp³-hybridized carbons (Fsp3) is 0.105. The maximum Gasteiger partial charge on any atom is 0.247 e. The maximum absolute atomic E-state index is 12.7. The predicted molar refractivity (Wildman–Crippen MR) is 90.4 cm³/mol. The topological polar surface area (TPSA) is 54.3 Å². The summed E-state index contributed by atoms with van der Waals surface area (Å²) in [6.07, 6.45) is 4.37. The lowest BCUT2D eigenvalue weighted by atomic mass is 10.0. The van der Waals surface area contributed by atoms with E-state index in [9.17, 15) is 9.90 Å². The van der Waals surface area contributed by atoms with E-state index in [1.165, 1.54) is 6.07 Å². The number of aromatic nitrogens is 1. The molecule has 0 unspecified atom stereocenters. The van der Waals surface area contributed by atoms with Crippen LogP contribution in [-0.4, -0.2) is 15.6 Å². The molecule has 0 saturated heterocycles. The van der Waals surface area contributed by atoms with Crippen LogP contribution in [0.5, 0.6) is 5.75 Å². The highest BCUT2D eigenvalue weighted by atomic mass is 16.3. The van der Waals surface area contributed by atoms with E-state index < -0.39 is 0 Å². The van der Waals surface area contributed by atoms with Crippen molar-refractivity contribution in [3.8, 4) is 5.75 Å². The summed E-state index contributed by atoms with van der Waals surface area (Å²) >= 11 is 0. The molecule has 1 heterocycles. The summed E-state index contributed by atoms with van der Waals surface area (Å²) < 4.78 is 1.89. The van der Waals surface area contributed by atoms with Crippen molar-refractivity contribution in [2.45, 2.75) is 12.5 Å². The van der Waals surface area contributed by atoms with Gasteiger partial charge in [0.25, 0.3) is 0 Å². The largest absolute Gasteiger partial charge is 0.508 e. The highest BCUT2D eigenvalue weighted by Gasteiger charge is 2.20. The molecule has 0 aliphatic rings. The fourth-order valence-electron chi connectivity index (χ4n) is 2.54. The molecule has 2 N–H and O–H groups in total. The minimum atomic E-state index is -0.352. The van der Waals surface area contributed by atoms with Crippen molar-refractivity contribution in [2.75, 3.05) is 5.32 Å². The molecule has 0 saturated carbocycles. The number of aromatic hydroxyl groups is 1. The Morgan fingerprint density at radius 2 is 1.74 bits per heavy atom. The molecule has 0 bridgehead atoms. The average Bonchev–Trinajstić information content (AvgIpc) is 3.07. The molecule has 116 valence electrons. The van der Waals surface area contributed by atoms with Crippen LogP contribution in [0.15, 0.2) is 79.1 Å². The summed E-state index contributed by atoms with van der Waals surface area (Å²) in [5, 5.41) is 12.4. The molecule has 23 heavy (non-hydrogen) atoms. The zero-order chi connectivity index (χ0) is 16.1. The summed E-state index contributed by atoms with van der Waals surface area (Å²) in [6, 6.07) is 19.9. The van der Waals surface area contributed by atoms with Gasteiger partial charge in [-0.05, 0) is 29.8 Å². The van der Waals surface area contributed by atoms with Crippen molar-refractivity contribution >= 4 is 11.6 Å². The van der Waals surface area contributed by atoms with Gasteiger partial charge in [0.1, 0.15) is 11.8 Å². The molecule has 0 radical (unpaired) electrons. The lowest BCUT2D eigenvalue weighted by Gasteiger charge is -2.19. The molecule has 3 rings (SSSR count). The van der Waals surface area contributed by atoms with Crippen LogP contribution in [0.25, 0.3) is 0 Å². The third-order valence-electron chi connectivity index (χ3n) is 3.68. The number of nitrogens with one attached hydrogen (secondary N) is 1. The van der Waals surface area contributed by atoms with Crippen molar-refractivity contribution in [1.82, 2.24) is 4.57 Å². The minimum absolute atomic E-state index is 0.115. The summed E-state index contributed by atoms with van der Waals surface area (Å²) in [7, 11) is 0. The highest BCUT2D eigenvalue weighted by molar-refractivity contribution is 5.94. The van der Waals surface area contributed by atoms with E-state index in [1.807, 2.05) is 59.4 Å². The van der Waals surface area contributed by atoms with Crippen LogP contribution in [-0.2, 0) is 11.2 Å². The Morgan fingerprint density at radius 3 is 2.43 bits per heavy atom. The smallest absolute Gasteiger partial charge is 0.247 e. The molecule has 4 heteroatoms. The number of carbonyl (C=O) groups excluding carboxylic acids is 1. The van der Waals surface area contributed by atoms with Gasteiger partial charge in [0.05, 0.1) is 0 Å². The SMILES string of the molecule is O=C(Nc1cccc(O)c1)[C@@H](Cc1ccccc1)n1cccc1. The Balaban J connectivity index is 1.82. The van der Waals surface area contributed by atoms with Crippen molar-refractivity contribution in [3.05, 3.63) is 84.7 Å². The summed E-state index contributed by atoms with van der Waals surface area (Å²) in [4.78, 5) is 12.7. The van der Waals surface area contributed by atoms with Gasteiger partial charge in [-0.1, -0.05) is 36.4 Å². The second kappa shape index (κ2) is 6.83. The van der Waals surface area contributed by atoms with Crippen molar-refractivity contribution < 1.29 is 9.90 Å². The van der Waals surface area contributed by atoms with Gasteiger partial charge in [0, 0.05) is 30.6 Å². The molecule has 1 amide bonds. The van der Waals surface area contributed by atoms with Crippen LogP contribution >= 0.6 is 0 Å². The number of phenols is 1. The first-order valence-electron chi connectivity index (χ1n) is 7.48. The van der Waals surface area contributed by atoms with Crippen molar-refractivity contribution in [3.63, 3.8) is 0 Å². The predicted octanol–water partition coefficient (Wildman–Crippen LogP) is 3.62. The van der Waals surface area contributed by atoms with Crippen molar-refractivity contribution in [2.24, 2.45) is 0 Å². The molecule has 0 aliphatic heterocycles. The lowest BCUT2D eigenvalue weighted by Crippen LogP contribution is -2.27. The molecule has 1 aromatic heterocycles. The summed E-state index contributed by atoms with van der Waals surface area (Å²) in [5.74, 6) is 0.0130. The molecule has 1 atom stereocenters. The minimum Gasteiger partial charge on any atom is -0.508 e. The Hall–Kier alpha value is -3.01. The Bertz CT molecular complexity index is 767. The Kier molecular flexibility index (Phi) is 4.43. The van der Waals surface area contributed by atoms with Gasteiger partial charge in [0.2, 0.25) is 5.91 Å². The third-order valence-corrected chi connectivity index (χ3v) is 3.68. The van der Waals surface area contributed by atoms with Gasteiger partial charge < -0.3 is 15.0 Å². The van der Waals surface area contributed by atoms with Gasteiger partial charge in [-0.2, -0.15) is 0 Å². The number of hydrogen-bond donors (Lipinski definition) is 2. The van der Waals surface area contributed by atoms with E-state index in [-0.39, 0.29) is 17.7 Å². The number of carbonyl (C=O) groups is 1. The second-order valence-electron chi connectivity index (χ2n) is 5.38. The Morgan fingerprint density at radius 1 is 1.00 bits per heavy atom. The van der Waals surface area contributed by atoms with Gasteiger partial charge in [0.15, 0.2) is 0 Å². The first-order chi connectivity index (χ1) is 11.2. The van der Waals surface area contributed by atoms with Crippen molar-refractivity contribution in [1.29, 1.82) is 0 Å². The zero-order valence-electron chi connectivity index (χ0n) is 12.6. The summed E-state index contributed by atoms with van der Waals surface area (Å²) in [6.45, 7) is 0. The quantitative estimate of drug-likeness (QED) is 0.756. The number of anilines is 1. The molecule has 0 fully saturated rings. The number of amides is 1. The van der Waals surface area contributed by atoms with Gasteiger partial charge in [-0.25, -0.2) is 0 Å². The number of nitrogens with zero attached hydrogens (tertiary/aromatic N) is 1. The third kappa shape index (κ3) is 3.80. The highest BCUT2D eigenvalue weighted by Crippen LogP contribution is 2.20. The number of hydrogen-bond acceptors (Lipinski definition) is 2. The number of phenolic OH excluding ortho intramolecular Hbond substituents is 1. The van der Waals surface area contributed by atoms with E-state index in [0.717, 1.165) is 5.56 Å². The normalized spacial score (nSPS) is 11.8. The van der Waals surface area contributed by atoms with E-state index in [4.69, 9.17) is 0 Å². The molecule has 2 aromatic carbocycles. The van der Waals surface area contributed by atoms with E-state index in [1.54, 1.807) is 18.2 Å². The van der Waals surface area contributed by atoms with Gasteiger partial charge >= 0.3 is 0 Å². The van der Waals surface area contributed by atoms with Crippen LogP contribution in [0.4, 0.5) is 5.69 Å². The molecule has 0 spiro atoms. The standard InChI is InChI=1S/C19H18N2O2/c22-17-10-6-9-16(14-17)20-19(23)18(21-11-4-5-12-21)13-15-7-2-1-3-8-15/h1-12,14,18,22H,13H2,(H,20,23)/t18-/m1/s1. The van der Waals surface area contributed by atoms with Gasteiger partial charge in [-0.3, -0.25) is 4.79 Å². The van der Waals surface area contributed by atoms with Crippen LogP contribution in [0.3, 0.4) is 0 Å². The molecule has 0 aliphatic carbocycles. The van der Waals surface area contributed by atoms with E-state index >= 15 is 0 Å². The first-order valence-corrected chi connectivity index (χ1v) is 7.48. The lowest BCUT2D eigenvalue weighted by molar-refractivity contribution is -0.119. The summed E-state index contributed by atoms with van der Waals surface area (Å²) in [5.41, 5.74) is 1.68. The van der Waals surface area contributed by atoms with Crippen LogP contribution in [0, 0.1) is 0 Å². The first kappa shape index (κ1) is 14.9. The monoisotopic (exact) mass is 306 g/mol. The van der Waals surface area contributed by atoms with E-state index in [2.05, 4.69) is 5.32 Å². The van der Waals surface area contributed by atoms with Gasteiger partial charge in [-0.15, -0.1) is 0 Å². The van der Waals surface area contributed by atoms with E-state index in [0.29, 0.717) is 12.1 Å². The number of benzene rings is 2. The van der Waals surface area contributed by atoms with Crippen LogP contribution in [0.1, 0.15) is 11.6 Å². The van der Waals surface area contributed by atoms with Crippen LogP contribution in [0.2, 0.25) is 0 Å². The fourth-order valence-corrected chi connectivity index (χ4v) is 2.54. The molecular formula is C19H18N2O2. The maximum atomic E-state index is 12.7. The Labute approximate surface area is 135 Å². The van der Waals surface area contributed by atoms with Crippen LogP contribution < -0.4 is 5.32 Å². The molecule has 3 aromatic rings. The zero-order valence-corrected chi connectivity index (χ0v) is 12.6. The number of rotatable bonds is 5. The average molecular weight is 306 g/mol. The molecular weight excluding hydrogens is 288 g/mol. The molecule has 4 nitrogen and oxygen atoms in total.